The molecule has 0 aliphatic heterocycles. The van der Waals surface area contributed by atoms with Crippen molar-refractivity contribution >= 4 is 23.2 Å². The molecule has 0 aliphatic carbocycles. The second kappa shape index (κ2) is 9.82. The van der Waals surface area contributed by atoms with Gasteiger partial charge in [0.1, 0.15) is 0 Å². The summed E-state index contributed by atoms with van der Waals surface area (Å²) in [6, 6.07) is 7.93. The van der Waals surface area contributed by atoms with Crippen LogP contribution in [0.25, 0.3) is 0 Å². The first-order chi connectivity index (χ1) is 9.26. The number of benzene rings is 1. The third-order valence-corrected chi connectivity index (χ3v) is 3.14. The lowest BCUT2D eigenvalue weighted by atomic mass is 10.1. The van der Waals surface area contributed by atoms with Crippen LogP contribution in [0, 0.1) is 0 Å². The van der Waals surface area contributed by atoms with Gasteiger partial charge < -0.3 is 10.4 Å². The number of aliphatic hydroxyl groups is 1. The number of hydrogen-bond acceptors (Lipinski definition) is 2. The van der Waals surface area contributed by atoms with Crippen molar-refractivity contribution in [1.29, 1.82) is 0 Å². The minimum absolute atomic E-state index is 0.0121. The molecular formula is C15H22ClNO2. The Bertz CT molecular complexity index is 382. The third kappa shape index (κ3) is 7.19. The molecule has 0 spiro atoms. The molecule has 0 aromatic heterocycles. The van der Waals surface area contributed by atoms with E-state index in [1.807, 2.05) is 18.2 Å². The van der Waals surface area contributed by atoms with Gasteiger partial charge in [-0.15, -0.1) is 11.6 Å². The molecule has 106 valence electrons. The summed E-state index contributed by atoms with van der Waals surface area (Å²) in [6.07, 6.45) is 5.09. The lowest BCUT2D eigenvalue weighted by Gasteiger charge is -2.07. The van der Waals surface area contributed by atoms with E-state index in [0.717, 1.165) is 31.4 Å². The minimum atomic E-state index is 0.0121. The summed E-state index contributed by atoms with van der Waals surface area (Å²) in [5, 5.41) is 11.6. The van der Waals surface area contributed by atoms with E-state index in [2.05, 4.69) is 11.4 Å². The number of rotatable bonds is 9. The van der Waals surface area contributed by atoms with Crippen LogP contribution in [0.1, 0.15) is 37.7 Å². The molecule has 19 heavy (non-hydrogen) atoms. The average molecular weight is 284 g/mol. The van der Waals surface area contributed by atoms with Crippen LogP contribution in [0.4, 0.5) is 5.69 Å². The van der Waals surface area contributed by atoms with Crippen LogP contribution >= 0.6 is 11.6 Å². The van der Waals surface area contributed by atoms with Crippen LogP contribution in [0.15, 0.2) is 24.3 Å². The van der Waals surface area contributed by atoms with E-state index in [4.69, 9.17) is 16.7 Å². The zero-order chi connectivity index (χ0) is 13.9. The normalized spacial score (nSPS) is 10.4. The van der Waals surface area contributed by atoms with Gasteiger partial charge in [-0.1, -0.05) is 18.6 Å². The summed E-state index contributed by atoms with van der Waals surface area (Å²) < 4.78 is 0. The van der Waals surface area contributed by atoms with Crippen molar-refractivity contribution < 1.29 is 9.90 Å². The van der Waals surface area contributed by atoms with Crippen LogP contribution in [0.5, 0.6) is 0 Å². The molecular weight excluding hydrogens is 262 g/mol. The molecule has 1 amide bonds. The van der Waals surface area contributed by atoms with Crippen LogP contribution in [-0.2, 0) is 11.2 Å². The molecule has 0 radical (unpaired) electrons. The zero-order valence-electron chi connectivity index (χ0n) is 11.2. The van der Waals surface area contributed by atoms with Gasteiger partial charge in [0.25, 0.3) is 0 Å². The first-order valence-electron chi connectivity index (χ1n) is 6.82. The highest BCUT2D eigenvalue weighted by molar-refractivity contribution is 6.18. The third-order valence-electron chi connectivity index (χ3n) is 2.87. The fraction of sp³-hybridized carbons (Fsp3) is 0.533. The standard InChI is InChI=1S/C15H22ClNO2/c16-10-5-9-15(19)17-14-8-4-7-13(12-14)6-2-1-3-11-18/h4,7-8,12,18H,1-3,5-6,9-11H2,(H,17,19). The Balaban J connectivity index is 2.40. The van der Waals surface area contributed by atoms with Crippen LogP contribution in [-0.4, -0.2) is 23.5 Å². The van der Waals surface area contributed by atoms with Gasteiger partial charge in [0, 0.05) is 24.6 Å². The molecule has 0 unspecified atom stereocenters. The number of amides is 1. The molecule has 1 aromatic rings. The van der Waals surface area contributed by atoms with E-state index in [-0.39, 0.29) is 12.5 Å². The van der Waals surface area contributed by atoms with Crippen molar-refractivity contribution in [2.45, 2.75) is 38.5 Å². The molecule has 0 bridgehead atoms. The summed E-state index contributed by atoms with van der Waals surface area (Å²) in [5.74, 6) is 0.524. The van der Waals surface area contributed by atoms with E-state index in [1.165, 1.54) is 5.56 Å². The summed E-state index contributed by atoms with van der Waals surface area (Å²) >= 11 is 5.56. The fourth-order valence-corrected chi connectivity index (χ4v) is 2.01. The van der Waals surface area contributed by atoms with Gasteiger partial charge in [-0.05, 0) is 43.4 Å². The highest BCUT2D eigenvalue weighted by Gasteiger charge is 2.02. The number of aliphatic hydroxyl groups excluding tert-OH is 1. The molecule has 0 aliphatic rings. The molecule has 0 atom stereocenters. The number of unbranched alkanes of at least 4 members (excludes halogenated alkanes) is 2. The number of nitrogens with one attached hydrogen (secondary N) is 1. The molecule has 2 N–H and O–H groups in total. The predicted molar refractivity (Wildman–Crippen MR) is 79.7 cm³/mol. The molecule has 0 saturated carbocycles. The number of halogens is 1. The second-order valence-electron chi connectivity index (χ2n) is 4.58. The van der Waals surface area contributed by atoms with Crippen LogP contribution in [0.3, 0.4) is 0 Å². The van der Waals surface area contributed by atoms with E-state index < -0.39 is 0 Å². The van der Waals surface area contributed by atoms with Gasteiger partial charge in [0.15, 0.2) is 0 Å². The lowest BCUT2D eigenvalue weighted by Crippen LogP contribution is -2.11. The largest absolute Gasteiger partial charge is 0.396 e. The average Bonchev–Trinajstić information content (AvgIpc) is 2.42. The molecule has 0 heterocycles. The van der Waals surface area contributed by atoms with E-state index in [9.17, 15) is 4.79 Å². The molecule has 3 nitrogen and oxygen atoms in total. The minimum Gasteiger partial charge on any atom is -0.396 e. The summed E-state index contributed by atoms with van der Waals surface area (Å²) in [5.41, 5.74) is 2.06. The fourth-order valence-electron chi connectivity index (χ4n) is 1.87. The first kappa shape index (κ1) is 16.0. The Labute approximate surface area is 120 Å². The van der Waals surface area contributed by atoms with Crippen molar-refractivity contribution in [2.75, 3.05) is 17.8 Å². The SMILES string of the molecule is O=C(CCCCl)Nc1cccc(CCCCCO)c1. The monoisotopic (exact) mass is 283 g/mol. The number of carbonyl (C=O) groups is 1. The quantitative estimate of drug-likeness (QED) is 0.539. The number of anilines is 1. The Morgan fingerprint density at radius 2 is 2.05 bits per heavy atom. The van der Waals surface area contributed by atoms with Gasteiger partial charge in [-0.25, -0.2) is 0 Å². The van der Waals surface area contributed by atoms with E-state index in [0.29, 0.717) is 18.7 Å². The molecule has 0 saturated heterocycles. The summed E-state index contributed by atoms with van der Waals surface area (Å²) in [6.45, 7) is 0.261. The zero-order valence-corrected chi connectivity index (χ0v) is 12.0. The number of alkyl halides is 1. The topological polar surface area (TPSA) is 49.3 Å². The van der Waals surface area contributed by atoms with Gasteiger partial charge in [-0.3, -0.25) is 4.79 Å². The van der Waals surface area contributed by atoms with Crippen molar-refractivity contribution in [3.05, 3.63) is 29.8 Å². The van der Waals surface area contributed by atoms with E-state index >= 15 is 0 Å². The Morgan fingerprint density at radius 1 is 1.21 bits per heavy atom. The van der Waals surface area contributed by atoms with Crippen molar-refractivity contribution in [2.24, 2.45) is 0 Å². The van der Waals surface area contributed by atoms with Gasteiger partial charge in [0.2, 0.25) is 5.91 Å². The van der Waals surface area contributed by atoms with Crippen molar-refractivity contribution in [3.63, 3.8) is 0 Å². The highest BCUT2D eigenvalue weighted by atomic mass is 35.5. The van der Waals surface area contributed by atoms with Gasteiger partial charge >= 0.3 is 0 Å². The molecule has 0 fully saturated rings. The van der Waals surface area contributed by atoms with Crippen molar-refractivity contribution in [1.82, 2.24) is 0 Å². The molecule has 1 rings (SSSR count). The predicted octanol–water partition coefficient (Wildman–Crippen LogP) is 3.35. The highest BCUT2D eigenvalue weighted by Crippen LogP contribution is 2.14. The summed E-state index contributed by atoms with van der Waals surface area (Å²) in [4.78, 5) is 11.6. The van der Waals surface area contributed by atoms with Gasteiger partial charge in [-0.2, -0.15) is 0 Å². The number of hydrogen-bond donors (Lipinski definition) is 2. The Hall–Kier alpha value is -1.06. The second-order valence-corrected chi connectivity index (χ2v) is 4.95. The molecule has 4 heteroatoms. The Morgan fingerprint density at radius 3 is 2.79 bits per heavy atom. The number of aryl methyl sites for hydroxylation is 1. The lowest BCUT2D eigenvalue weighted by molar-refractivity contribution is -0.116. The first-order valence-corrected chi connectivity index (χ1v) is 7.35. The van der Waals surface area contributed by atoms with Crippen molar-refractivity contribution in [3.8, 4) is 0 Å². The van der Waals surface area contributed by atoms with E-state index in [1.54, 1.807) is 0 Å². The molecule has 1 aromatic carbocycles. The maximum atomic E-state index is 11.6. The maximum absolute atomic E-state index is 11.6. The number of carbonyl (C=O) groups excluding carboxylic acids is 1. The smallest absolute Gasteiger partial charge is 0.224 e. The Kier molecular flexibility index (Phi) is 8.26. The summed E-state index contributed by atoms with van der Waals surface area (Å²) in [7, 11) is 0. The van der Waals surface area contributed by atoms with Gasteiger partial charge in [0.05, 0.1) is 0 Å². The van der Waals surface area contributed by atoms with Crippen LogP contribution < -0.4 is 5.32 Å². The van der Waals surface area contributed by atoms with Crippen LogP contribution in [0.2, 0.25) is 0 Å². The maximum Gasteiger partial charge on any atom is 0.224 e.